The summed E-state index contributed by atoms with van der Waals surface area (Å²) < 4.78 is 51.1. The molecule has 0 amide bonds. The molecule has 1 aliphatic carbocycles. The number of sulfonamides is 1. The van der Waals surface area contributed by atoms with Gasteiger partial charge in [0.1, 0.15) is 0 Å². The minimum absolute atomic E-state index is 0.00120. The number of hydrogen-bond acceptors (Lipinski definition) is 5. The van der Waals surface area contributed by atoms with Crippen LogP contribution in [0.1, 0.15) is 12.8 Å². The van der Waals surface area contributed by atoms with E-state index in [-0.39, 0.29) is 18.3 Å². The Labute approximate surface area is 102 Å². The molecule has 1 heterocycles. The Morgan fingerprint density at radius 1 is 1.12 bits per heavy atom. The van der Waals surface area contributed by atoms with Gasteiger partial charge < -0.3 is 0 Å². The summed E-state index contributed by atoms with van der Waals surface area (Å²) in [4.78, 5) is 0. The predicted molar refractivity (Wildman–Crippen MR) is 62.4 cm³/mol. The highest BCUT2D eigenvalue weighted by Crippen LogP contribution is 2.32. The lowest BCUT2D eigenvalue weighted by Crippen LogP contribution is -2.52. The summed E-state index contributed by atoms with van der Waals surface area (Å²) in [5, 5.41) is 0. The predicted octanol–water partition coefficient (Wildman–Crippen LogP) is -0.366. The zero-order valence-corrected chi connectivity index (χ0v) is 11.3. The summed E-state index contributed by atoms with van der Waals surface area (Å²) in [6.45, 7) is 0.837. The van der Waals surface area contributed by atoms with Crippen molar-refractivity contribution in [2.45, 2.75) is 12.8 Å². The molecule has 0 aromatic carbocycles. The lowest BCUT2D eigenvalue weighted by Gasteiger charge is -2.37. The minimum Gasteiger partial charge on any atom is -0.270 e. The lowest BCUT2D eigenvalue weighted by atomic mass is 10.1. The summed E-state index contributed by atoms with van der Waals surface area (Å²) in [5.41, 5.74) is 0. The van der Waals surface area contributed by atoms with Crippen LogP contribution in [0.3, 0.4) is 0 Å². The highest BCUT2D eigenvalue weighted by molar-refractivity contribution is 7.89. The van der Waals surface area contributed by atoms with Crippen molar-refractivity contribution >= 4 is 20.1 Å². The van der Waals surface area contributed by atoms with Crippen molar-refractivity contribution in [2.24, 2.45) is 11.8 Å². The second kappa shape index (κ2) is 4.49. The third-order valence-corrected chi connectivity index (χ3v) is 5.52. The van der Waals surface area contributed by atoms with Gasteiger partial charge in [-0.2, -0.15) is 8.42 Å². The normalized spacial score (nSPS) is 23.6. The van der Waals surface area contributed by atoms with Crippen LogP contribution >= 0.6 is 0 Å². The van der Waals surface area contributed by atoms with E-state index in [2.05, 4.69) is 4.18 Å². The van der Waals surface area contributed by atoms with Gasteiger partial charge in [0.25, 0.3) is 10.1 Å². The summed E-state index contributed by atoms with van der Waals surface area (Å²) in [6.07, 6.45) is 3.01. The van der Waals surface area contributed by atoms with Gasteiger partial charge in [0.2, 0.25) is 10.0 Å². The molecule has 1 saturated carbocycles. The van der Waals surface area contributed by atoms with Gasteiger partial charge >= 0.3 is 0 Å². The molecule has 1 aliphatic heterocycles. The highest BCUT2D eigenvalue weighted by atomic mass is 32.2. The molecule has 1 saturated heterocycles. The van der Waals surface area contributed by atoms with Crippen LogP contribution in [-0.2, 0) is 24.3 Å². The molecule has 2 aliphatic rings. The summed E-state index contributed by atoms with van der Waals surface area (Å²) in [6, 6.07) is 0. The van der Waals surface area contributed by atoms with Crippen LogP contribution in [0.25, 0.3) is 0 Å². The van der Waals surface area contributed by atoms with Crippen molar-refractivity contribution in [2.75, 3.05) is 31.7 Å². The first kappa shape index (κ1) is 13.3. The quantitative estimate of drug-likeness (QED) is 0.622. The van der Waals surface area contributed by atoms with E-state index in [0.717, 1.165) is 19.1 Å². The van der Waals surface area contributed by atoms with Crippen molar-refractivity contribution in [3.8, 4) is 0 Å². The van der Waals surface area contributed by atoms with Crippen molar-refractivity contribution in [1.29, 1.82) is 0 Å². The largest absolute Gasteiger partial charge is 0.270 e. The lowest BCUT2D eigenvalue weighted by molar-refractivity contribution is 0.134. The molecule has 0 spiro atoms. The van der Waals surface area contributed by atoms with Gasteiger partial charge in [-0.1, -0.05) is 0 Å². The molecule has 17 heavy (non-hydrogen) atoms. The third kappa shape index (κ3) is 3.90. The average molecular weight is 283 g/mol. The molecule has 0 unspecified atom stereocenters. The monoisotopic (exact) mass is 283 g/mol. The zero-order chi connectivity index (χ0) is 12.7. The first-order valence-electron chi connectivity index (χ1n) is 5.58. The summed E-state index contributed by atoms with van der Waals surface area (Å²) >= 11 is 0. The first-order valence-corrected chi connectivity index (χ1v) is 9.01. The van der Waals surface area contributed by atoms with Crippen molar-refractivity contribution in [1.82, 2.24) is 4.31 Å². The highest BCUT2D eigenvalue weighted by Gasteiger charge is 2.39. The topological polar surface area (TPSA) is 80.8 Å². The maximum absolute atomic E-state index is 11.8. The fraction of sp³-hybridized carbons (Fsp3) is 1.00. The smallest absolute Gasteiger partial charge is 0.264 e. The van der Waals surface area contributed by atoms with Crippen LogP contribution < -0.4 is 0 Å². The van der Waals surface area contributed by atoms with Crippen LogP contribution in [0.5, 0.6) is 0 Å². The van der Waals surface area contributed by atoms with Crippen molar-refractivity contribution < 1.29 is 21.0 Å². The zero-order valence-electron chi connectivity index (χ0n) is 9.70. The maximum Gasteiger partial charge on any atom is 0.264 e. The van der Waals surface area contributed by atoms with E-state index >= 15 is 0 Å². The van der Waals surface area contributed by atoms with Gasteiger partial charge in [0.05, 0.1) is 18.6 Å². The van der Waals surface area contributed by atoms with E-state index in [1.165, 1.54) is 4.31 Å². The molecule has 2 rings (SSSR count). The van der Waals surface area contributed by atoms with Gasteiger partial charge in [-0.3, -0.25) is 4.18 Å². The van der Waals surface area contributed by atoms with Gasteiger partial charge in [-0.15, -0.1) is 0 Å². The average Bonchev–Trinajstić information content (AvgIpc) is 2.81. The molecule has 0 atom stereocenters. The van der Waals surface area contributed by atoms with Gasteiger partial charge in [-0.05, 0) is 18.8 Å². The van der Waals surface area contributed by atoms with Crippen molar-refractivity contribution in [3.05, 3.63) is 0 Å². The van der Waals surface area contributed by atoms with Crippen LogP contribution in [0.4, 0.5) is 0 Å². The molecular formula is C9H17NO5S2. The van der Waals surface area contributed by atoms with Gasteiger partial charge in [0, 0.05) is 19.0 Å². The van der Waals surface area contributed by atoms with E-state index < -0.39 is 20.1 Å². The molecule has 0 radical (unpaired) electrons. The number of nitrogens with zero attached hydrogens (tertiary/aromatic N) is 1. The second-order valence-electron chi connectivity index (χ2n) is 4.89. The van der Waals surface area contributed by atoms with Crippen LogP contribution in [0.15, 0.2) is 0 Å². The Bertz CT molecular complexity index is 474. The van der Waals surface area contributed by atoms with Gasteiger partial charge in [0.15, 0.2) is 0 Å². The van der Waals surface area contributed by atoms with Crippen LogP contribution in [0.2, 0.25) is 0 Å². The standard InChI is InChI=1S/C9H17NO5S2/c1-16(11,12)15-6-9-4-10(5-9)17(13,14)7-8-2-3-8/h8-9H,2-7H2,1H3. The molecule has 6 nitrogen and oxygen atoms in total. The molecule has 100 valence electrons. The Hall–Kier alpha value is -0.180. The van der Waals surface area contributed by atoms with E-state index in [0.29, 0.717) is 19.0 Å². The molecule has 0 aromatic heterocycles. The number of rotatable bonds is 6. The minimum atomic E-state index is -3.43. The van der Waals surface area contributed by atoms with Crippen LogP contribution in [-0.4, -0.2) is 52.8 Å². The summed E-state index contributed by atoms with van der Waals surface area (Å²) in [5.74, 6) is 0.581. The van der Waals surface area contributed by atoms with Crippen LogP contribution in [0, 0.1) is 11.8 Å². The second-order valence-corrected chi connectivity index (χ2v) is 8.55. The van der Waals surface area contributed by atoms with Gasteiger partial charge in [-0.25, -0.2) is 12.7 Å². The van der Waals surface area contributed by atoms with Crippen molar-refractivity contribution in [3.63, 3.8) is 0 Å². The third-order valence-electron chi connectivity index (χ3n) is 2.98. The molecule has 2 fully saturated rings. The molecule has 0 aromatic rings. The fourth-order valence-electron chi connectivity index (χ4n) is 1.76. The molecule has 8 heteroatoms. The maximum atomic E-state index is 11.8. The Morgan fingerprint density at radius 2 is 1.71 bits per heavy atom. The molecule has 0 N–H and O–H groups in total. The van der Waals surface area contributed by atoms with E-state index in [9.17, 15) is 16.8 Å². The van der Waals surface area contributed by atoms with E-state index in [4.69, 9.17) is 0 Å². The number of hydrogen-bond donors (Lipinski definition) is 0. The first-order chi connectivity index (χ1) is 7.76. The Morgan fingerprint density at radius 3 is 2.18 bits per heavy atom. The van der Waals surface area contributed by atoms with E-state index in [1.54, 1.807) is 0 Å². The van der Waals surface area contributed by atoms with E-state index in [1.807, 2.05) is 0 Å². The SMILES string of the molecule is CS(=O)(=O)OCC1CN(S(=O)(=O)CC2CC2)C1. The molecule has 0 bridgehead atoms. The summed E-state index contributed by atoms with van der Waals surface area (Å²) in [7, 11) is -6.54. The molecular weight excluding hydrogens is 266 g/mol. The fourth-order valence-corrected chi connectivity index (χ4v) is 4.22. The Kier molecular flexibility index (Phi) is 3.50. The Balaban J connectivity index is 1.74.